The largest absolute Gasteiger partial charge is 0.483 e. The van der Waals surface area contributed by atoms with Gasteiger partial charge in [0.05, 0.1) is 6.61 Å². The van der Waals surface area contributed by atoms with E-state index in [4.69, 9.17) is 9.90 Å². The predicted molar refractivity (Wildman–Crippen MR) is 56.2 cm³/mol. The molecule has 0 amide bonds. The smallest absolute Gasteiger partial charge is 0.293 e. The summed E-state index contributed by atoms with van der Waals surface area (Å²) in [7, 11) is 0. The van der Waals surface area contributed by atoms with Crippen LogP contribution in [-0.4, -0.2) is 24.7 Å². The van der Waals surface area contributed by atoms with E-state index in [0.717, 1.165) is 0 Å². The average Bonchev–Trinajstić information content (AvgIpc) is 2.18. The third-order valence-corrected chi connectivity index (χ3v) is 1.19. The van der Waals surface area contributed by atoms with Gasteiger partial charge in [-0.25, -0.2) is 0 Å². The molecule has 0 spiro atoms. The van der Waals surface area contributed by atoms with Crippen molar-refractivity contribution in [2.24, 2.45) is 0 Å². The second-order valence-electron chi connectivity index (χ2n) is 2.36. The highest BCUT2D eigenvalue weighted by molar-refractivity contribution is 5.36. The lowest BCUT2D eigenvalue weighted by Crippen LogP contribution is -1.80. The van der Waals surface area contributed by atoms with Gasteiger partial charge in [-0.1, -0.05) is 39.5 Å². The zero-order valence-electron chi connectivity index (χ0n) is 9.36. The molecule has 0 bridgehead atoms. The maximum absolute atomic E-state index is 9.18. The van der Waals surface area contributed by atoms with E-state index in [1.54, 1.807) is 6.92 Å². The molecule has 0 fully saturated rings. The molecule has 0 unspecified atom stereocenters. The minimum atomic E-state index is -0.250. The number of carboxylic acid groups (broad SMARTS) is 1. The van der Waals surface area contributed by atoms with Gasteiger partial charge in [-0.3, -0.25) is 9.59 Å². The van der Waals surface area contributed by atoms with Crippen LogP contribution in [0, 0.1) is 0 Å². The van der Waals surface area contributed by atoms with Crippen LogP contribution in [0.25, 0.3) is 0 Å². The first-order valence-corrected chi connectivity index (χ1v) is 4.88. The standard InChI is InChI=1S/C6H14.C3H6O2.CH2O2/c1-3-5-6-4-2;1-2-5-3-4;2-1-3/h3-6H2,1-2H3;3H,2H2,1H3;1H,(H,2,3). The normalized spacial score (nSPS) is 7.07. The van der Waals surface area contributed by atoms with Gasteiger partial charge in [0.1, 0.15) is 0 Å². The van der Waals surface area contributed by atoms with Crippen molar-refractivity contribution in [3.63, 3.8) is 0 Å². The van der Waals surface area contributed by atoms with E-state index < -0.39 is 0 Å². The fourth-order valence-electron chi connectivity index (χ4n) is 0.568. The lowest BCUT2D eigenvalue weighted by molar-refractivity contribution is -0.128. The second kappa shape index (κ2) is 29.7. The predicted octanol–water partition coefficient (Wildman–Crippen LogP) is 2.47. The summed E-state index contributed by atoms with van der Waals surface area (Å²) < 4.78 is 4.15. The van der Waals surface area contributed by atoms with E-state index in [-0.39, 0.29) is 6.47 Å². The lowest BCUT2D eigenvalue weighted by atomic mass is 10.2. The van der Waals surface area contributed by atoms with Gasteiger partial charge in [-0.2, -0.15) is 0 Å². The Morgan fingerprint density at radius 1 is 1.07 bits per heavy atom. The van der Waals surface area contributed by atoms with Crippen molar-refractivity contribution in [2.75, 3.05) is 6.61 Å². The molecule has 1 N–H and O–H groups in total. The molecule has 0 heterocycles. The van der Waals surface area contributed by atoms with Gasteiger partial charge >= 0.3 is 0 Å². The number of unbranched alkanes of at least 4 members (excludes halogenated alkanes) is 3. The number of hydrogen-bond donors (Lipinski definition) is 1. The minimum Gasteiger partial charge on any atom is -0.483 e. The molecule has 0 saturated carbocycles. The van der Waals surface area contributed by atoms with Gasteiger partial charge in [0, 0.05) is 0 Å². The summed E-state index contributed by atoms with van der Waals surface area (Å²) in [5.41, 5.74) is 0. The Hall–Kier alpha value is -1.06. The van der Waals surface area contributed by atoms with Crippen LogP contribution in [0.2, 0.25) is 0 Å². The van der Waals surface area contributed by atoms with Crippen molar-refractivity contribution < 1.29 is 19.4 Å². The topological polar surface area (TPSA) is 63.6 Å². The molecule has 0 aliphatic rings. The van der Waals surface area contributed by atoms with E-state index in [2.05, 4.69) is 18.6 Å². The van der Waals surface area contributed by atoms with E-state index in [9.17, 15) is 4.79 Å². The highest BCUT2D eigenvalue weighted by atomic mass is 16.5. The fourth-order valence-corrected chi connectivity index (χ4v) is 0.568. The molecule has 0 aromatic heterocycles. The first kappa shape index (κ1) is 18.7. The molecule has 4 nitrogen and oxygen atoms in total. The Kier molecular flexibility index (Phi) is 39.6. The minimum absolute atomic E-state index is 0.250. The first-order chi connectivity index (χ1) is 6.74. The molecular weight excluding hydrogens is 184 g/mol. The number of rotatable bonds is 5. The molecule has 0 aromatic rings. The zero-order chi connectivity index (χ0) is 11.7. The molecule has 4 heteroatoms. The van der Waals surface area contributed by atoms with Crippen LogP contribution in [-0.2, 0) is 14.3 Å². The number of carbonyl (C=O) groups excluding carboxylic acids is 1. The number of hydrogen-bond acceptors (Lipinski definition) is 3. The van der Waals surface area contributed by atoms with Crippen molar-refractivity contribution in [3.8, 4) is 0 Å². The van der Waals surface area contributed by atoms with Crippen LogP contribution in [0.15, 0.2) is 0 Å². The SMILES string of the molecule is CCCCCC.CCOC=O.O=CO. The Balaban J connectivity index is -0.000000138. The van der Waals surface area contributed by atoms with Crippen LogP contribution in [0.4, 0.5) is 0 Å². The summed E-state index contributed by atoms with van der Waals surface area (Å²) >= 11 is 0. The lowest BCUT2D eigenvalue weighted by Gasteiger charge is -1.86. The zero-order valence-corrected chi connectivity index (χ0v) is 9.36. The van der Waals surface area contributed by atoms with Gasteiger partial charge in [-0.05, 0) is 6.92 Å². The fraction of sp³-hybridized carbons (Fsp3) is 0.800. The summed E-state index contributed by atoms with van der Waals surface area (Å²) in [6, 6.07) is 0. The van der Waals surface area contributed by atoms with Crippen molar-refractivity contribution in [2.45, 2.75) is 46.5 Å². The summed E-state index contributed by atoms with van der Waals surface area (Å²) in [5.74, 6) is 0. The van der Waals surface area contributed by atoms with Crippen molar-refractivity contribution in [1.29, 1.82) is 0 Å². The maximum atomic E-state index is 9.18. The Labute approximate surface area is 86.3 Å². The van der Waals surface area contributed by atoms with Gasteiger partial charge in [0.25, 0.3) is 12.9 Å². The van der Waals surface area contributed by atoms with Crippen LogP contribution in [0.3, 0.4) is 0 Å². The van der Waals surface area contributed by atoms with Gasteiger partial charge in [0.15, 0.2) is 0 Å². The number of carbonyl (C=O) groups is 2. The summed E-state index contributed by atoms with van der Waals surface area (Å²) in [5, 5.41) is 6.89. The molecule has 0 saturated heterocycles. The highest BCUT2D eigenvalue weighted by Gasteiger charge is 1.75. The van der Waals surface area contributed by atoms with Gasteiger partial charge < -0.3 is 9.84 Å². The Morgan fingerprint density at radius 2 is 1.43 bits per heavy atom. The molecule has 0 aliphatic carbocycles. The van der Waals surface area contributed by atoms with Crippen molar-refractivity contribution in [3.05, 3.63) is 0 Å². The van der Waals surface area contributed by atoms with Gasteiger partial charge in [0.2, 0.25) is 0 Å². The van der Waals surface area contributed by atoms with Crippen LogP contribution in [0.5, 0.6) is 0 Å². The second-order valence-corrected chi connectivity index (χ2v) is 2.36. The summed E-state index contributed by atoms with van der Waals surface area (Å²) in [4.78, 5) is 17.5. The van der Waals surface area contributed by atoms with E-state index >= 15 is 0 Å². The molecule has 0 radical (unpaired) electrons. The van der Waals surface area contributed by atoms with Crippen LogP contribution >= 0.6 is 0 Å². The quantitative estimate of drug-likeness (QED) is 0.554. The molecule has 0 atom stereocenters. The monoisotopic (exact) mass is 206 g/mol. The van der Waals surface area contributed by atoms with Crippen LogP contribution in [0.1, 0.15) is 46.5 Å². The summed E-state index contributed by atoms with van der Waals surface area (Å²) in [6.45, 7) is 6.88. The first-order valence-electron chi connectivity index (χ1n) is 4.88. The maximum Gasteiger partial charge on any atom is 0.293 e. The number of ether oxygens (including phenoxy) is 1. The van der Waals surface area contributed by atoms with E-state index in [1.807, 2.05) is 0 Å². The molecule has 14 heavy (non-hydrogen) atoms. The average molecular weight is 206 g/mol. The van der Waals surface area contributed by atoms with Crippen molar-refractivity contribution >= 4 is 12.9 Å². The molecule has 0 aromatic carbocycles. The summed E-state index contributed by atoms with van der Waals surface area (Å²) in [6.07, 6.45) is 5.54. The highest BCUT2D eigenvalue weighted by Crippen LogP contribution is 1.95. The van der Waals surface area contributed by atoms with Crippen molar-refractivity contribution in [1.82, 2.24) is 0 Å². The van der Waals surface area contributed by atoms with E-state index in [1.165, 1.54) is 25.7 Å². The molecule has 0 rings (SSSR count). The Bertz CT molecular complexity index is 90.1. The van der Waals surface area contributed by atoms with Gasteiger partial charge in [-0.15, -0.1) is 0 Å². The van der Waals surface area contributed by atoms with Crippen LogP contribution < -0.4 is 0 Å². The molecule has 0 aliphatic heterocycles. The third kappa shape index (κ3) is 69.6. The Morgan fingerprint density at radius 3 is 1.50 bits per heavy atom. The molecule has 86 valence electrons. The van der Waals surface area contributed by atoms with E-state index in [0.29, 0.717) is 13.1 Å². The molecular formula is C10H22O4. The third-order valence-electron chi connectivity index (χ3n) is 1.19.